The Balaban J connectivity index is 0.00000288. The Labute approximate surface area is 167 Å². The largest absolute Gasteiger partial charge is 0.383 e. The molecule has 0 bridgehead atoms. The van der Waals surface area contributed by atoms with Gasteiger partial charge in [0.05, 0.1) is 6.61 Å². The molecule has 1 aromatic heterocycles. The van der Waals surface area contributed by atoms with Gasteiger partial charge in [-0.25, -0.2) is 0 Å². The van der Waals surface area contributed by atoms with Gasteiger partial charge in [0.1, 0.15) is 0 Å². The number of hydrogen-bond acceptors (Lipinski definition) is 4. The molecule has 1 aliphatic rings. The number of guanidine groups is 1. The molecule has 24 heavy (non-hydrogen) atoms. The van der Waals surface area contributed by atoms with Crippen LogP contribution in [-0.4, -0.2) is 63.8 Å². The van der Waals surface area contributed by atoms with Crippen molar-refractivity contribution in [2.24, 2.45) is 4.99 Å². The molecule has 2 atom stereocenters. The molecular formula is C17H31IN4OS. The molecule has 2 rings (SSSR count). The molecule has 1 saturated heterocycles. The van der Waals surface area contributed by atoms with Crippen LogP contribution in [-0.2, 0) is 4.74 Å². The van der Waals surface area contributed by atoms with E-state index in [9.17, 15) is 0 Å². The van der Waals surface area contributed by atoms with E-state index >= 15 is 0 Å². The van der Waals surface area contributed by atoms with E-state index in [4.69, 9.17) is 4.74 Å². The summed E-state index contributed by atoms with van der Waals surface area (Å²) >= 11 is 1.81. The number of methoxy groups -OCH3 is 1. The second-order valence-electron chi connectivity index (χ2n) is 6.08. The average molecular weight is 466 g/mol. The Morgan fingerprint density at radius 3 is 3.00 bits per heavy atom. The van der Waals surface area contributed by atoms with Crippen molar-refractivity contribution in [3.63, 3.8) is 0 Å². The van der Waals surface area contributed by atoms with Crippen molar-refractivity contribution in [2.75, 3.05) is 46.9 Å². The van der Waals surface area contributed by atoms with Gasteiger partial charge < -0.3 is 15.4 Å². The fourth-order valence-electron chi connectivity index (χ4n) is 2.99. The lowest BCUT2D eigenvalue weighted by atomic mass is 10.1. The number of nitrogens with one attached hydrogen (secondary N) is 2. The summed E-state index contributed by atoms with van der Waals surface area (Å²) in [7, 11) is 3.60. The molecule has 5 nitrogen and oxygen atoms in total. The third-order valence-corrected chi connectivity index (χ3v) is 5.52. The predicted molar refractivity (Wildman–Crippen MR) is 114 cm³/mol. The average Bonchev–Trinajstić information content (AvgIpc) is 3.24. The highest BCUT2D eigenvalue weighted by atomic mass is 127. The first-order valence-corrected chi connectivity index (χ1v) is 9.33. The molecule has 1 fully saturated rings. The van der Waals surface area contributed by atoms with Gasteiger partial charge in [-0.3, -0.25) is 9.89 Å². The Hall–Kier alpha value is -0.380. The summed E-state index contributed by atoms with van der Waals surface area (Å²) in [4.78, 5) is 8.27. The maximum absolute atomic E-state index is 5.20. The Bertz CT molecular complexity index is 469. The fraction of sp³-hybridized carbons (Fsp3) is 0.706. The van der Waals surface area contributed by atoms with E-state index < -0.39 is 0 Å². The third-order valence-electron chi connectivity index (χ3n) is 4.42. The molecule has 2 unspecified atom stereocenters. The van der Waals surface area contributed by atoms with Gasteiger partial charge in [-0.15, -0.1) is 35.3 Å². The summed E-state index contributed by atoms with van der Waals surface area (Å²) in [6, 6.07) is 4.89. The lowest BCUT2D eigenvalue weighted by Gasteiger charge is -2.25. The van der Waals surface area contributed by atoms with Crippen LogP contribution in [0.15, 0.2) is 22.5 Å². The normalized spacial score (nSPS) is 19.8. The van der Waals surface area contributed by atoms with Crippen LogP contribution in [0.1, 0.15) is 30.6 Å². The van der Waals surface area contributed by atoms with Gasteiger partial charge in [-0.1, -0.05) is 13.0 Å². The van der Waals surface area contributed by atoms with Gasteiger partial charge in [0.2, 0.25) is 0 Å². The topological polar surface area (TPSA) is 48.9 Å². The van der Waals surface area contributed by atoms with E-state index in [1.807, 2.05) is 18.4 Å². The minimum Gasteiger partial charge on any atom is -0.383 e. The second kappa shape index (κ2) is 12.1. The zero-order chi connectivity index (χ0) is 16.5. The molecule has 1 aromatic rings. The first-order valence-electron chi connectivity index (χ1n) is 8.45. The van der Waals surface area contributed by atoms with E-state index in [0.29, 0.717) is 12.0 Å². The van der Waals surface area contributed by atoms with Crippen molar-refractivity contribution in [2.45, 2.75) is 31.7 Å². The minimum absolute atomic E-state index is 0. The lowest BCUT2D eigenvalue weighted by molar-refractivity contribution is 0.141. The number of nitrogens with zero attached hydrogens (tertiary/aromatic N) is 2. The van der Waals surface area contributed by atoms with Crippen LogP contribution in [0.2, 0.25) is 0 Å². The number of ether oxygens (including phenoxy) is 1. The molecule has 0 amide bonds. The summed E-state index contributed by atoms with van der Waals surface area (Å²) < 4.78 is 5.20. The standard InChI is InChI=1S/C17H30N4OS.HI/c1-14(16-7-5-11-23-16)12-19-17(18-2)20-13-15-6-4-8-21(15)9-10-22-3;/h5,7,11,14-15H,4,6,8-10,12-13H2,1-3H3,(H2,18,19,20);1H. The smallest absolute Gasteiger partial charge is 0.191 e. The first kappa shape index (κ1) is 21.7. The van der Waals surface area contributed by atoms with Gasteiger partial charge in [0, 0.05) is 50.6 Å². The van der Waals surface area contributed by atoms with Gasteiger partial charge in [0.15, 0.2) is 5.96 Å². The van der Waals surface area contributed by atoms with Crippen molar-refractivity contribution in [1.29, 1.82) is 0 Å². The quantitative estimate of drug-likeness (QED) is 0.352. The second-order valence-corrected chi connectivity index (χ2v) is 7.05. The Kier molecular flexibility index (Phi) is 10.9. The molecule has 138 valence electrons. The predicted octanol–water partition coefficient (Wildman–Crippen LogP) is 2.75. The van der Waals surface area contributed by atoms with Gasteiger partial charge in [-0.05, 0) is 30.8 Å². The van der Waals surface area contributed by atoms with Crippen LogP contribution in [0, 0.1) is 0 Å². The van der Waals surface area contributed by atoms with Crippen molar-refractivity contribution in [3.05, 3.63) is 22.4 Å². The maximum atomic E-state index is 5.20. The third kappa shape index (κ3) is 6.85. The summed E-state index contributed by atoms with van der Waals surface area (Å²) in [5, 5.41) is 9.05. The number of rotatable bonds is 8. The van der Waals surface area contributed by atoms with Crippen molar-refractivity contribution in [1.82, 2.24) is 15.5 Å². The van der Waals surface area contributed by atoms with E-state index in [0.717, 1.165) is 32.2 Å². The molecule has 1 aliphatic heterocycles. The number of likely N-dealkylation sites (tertiary alicyclic amines) is 1. The summed E-state index contributed by atoms with van der Waals surface area (Å²) in [6.45, 7) is 7.09. The number of halogens is 1. The molecule has 0 spiro atoms. The monoisotopic (exact) mass is 466 g/mol. The number of hydrogen-bond donors (Lipinski definition) is 2. The first-order chi connectivity index (χ1) is 11.2. The van der Waals surface area contributed by atoms with Crippen molar-refractivity contribution in [3.8, 4) is 0 Å². The number of aliphatic imine (C=N–C) groups is 1. The van der Waals surface area contributed by atoms with E-state index in [2.05, 4.69) is 45.0 Å². The van der Waals surface area contributed by atoms with Gasteiger partial charge in [0.25, 0.3) is 0 Å². The van der Waals surface area contributed by atoms with Crippen LogP contribution in [0.25, 0.3) is 0 Å². The highest BCUT2D eigenvalue weighted by molar-refractivity contribution is 14.0. The van der Waals surface area contributed by atoms with E-state index in [1.54, 1.807) is 7.11 Å². The van der Waals surface area contributed by atoms with Gasteiger partial charge in [-0.2, -0.15) is 0 Å². The Morgan fingerprint density at radius 1 is 1.50 bits per heavy atom. The fourth-order valence-corrected chi connectivity index (χ4v) is 3.77. The Morgan fingerprint density at radius 2 is 2.33 bits per heavy atom. The summed E-state index contributed by atoms with van der Waals surface area (Å²) in [5.41, 5.74) is 0. The molecular weight excluding hydrogens is 435 g/mol. The molecule has 0 aliphatic carbocycles. The molecule has 0 aromatic carbocycles. The van der Waals surface area contributed by atoms with Crippen molar-refractivity contribution < 1.29 is 4.74 Å². The zero-order valence-corrected chi connectivity index (χ0v) is 18.1. The molecule has 0 saturated carbocycles. The zero-order valence-electron chi connectivity index (χ0n) is 15.0. The highest BCUT2D eigenvalue weighted by Crippen LogP contribution is 2.19. The SMILES string of the molecule is CN=C(NCC(C)c1cccs1)NCC1CCCN1CCOC.I. The molecule has 7 heteroatoms. The van der Waals surface area contributed by atoms with Crippen LogP contribution >= 0.6 is 35.3 Å². The van der Waals surface area contributed by atoms with Crippen LogP contribution < -0.4 is 10.6 Å². The highest BCUT2D eigenvalue weighted by Gasteiger charge is 2.24. The maximum Gasteiger partial charge on any atom is 0.191 e. The van der Waals surface area contributed by atoms with E-state index in [-0.39, 0.29) is 24.0 Å². The number of thiophene rings is 1. The summed E-state index contributed by atoms with van der Waals surface area (Å²) in [6.07, 6.45) is 2.52. The molecule has 2 N–H and O–H groups in total. The van der Waals surface area contributed by atoms with Crippen molar-refractivity contribution >= 4 is 41.3 Å². The minimum atomic E-state index is 0. The lowest BCUT2D eigenvalue weighted by Crippen LogP contribution is -2.46. The molecule has 0 radical (unpaired) electrons. The van der Waals surface area contributed by atoms with Gasteiger partial charge >= 0.3 is 0 Å². The van der Waals surface area contributed by atoms with E-state index in [1.165, 1.54) is 24.3 Å². The van der Waals surface area contributed by atoms with Crippen LogP contribution in [0.3, 0.4) is 0 Å². The molecule has 2 heterocycles. The van der Waals surface area contributed by atoms with Crippen LogP contribution in [0.5, 0.6) is 0 Å². The summed E-state index contributed by atoms with van der Waals surface area (Å²) in [5.74, 6) is 1.39. The van der Waals surface area contributed by atoms with Crippen LogP contribution in [0.4, 0.5) is 0 Å².